The average molecular weight is 326 g/mol. The van der Waals surface area contributed by atoms with E-state index in [0.717, 1.165) is 16.3 Å². The third kappa shape index (κ3) is 4.28. The molecule has 5 nitrogen and oxygen atoms in total. The van der Waals surface area contributed by atoms with Gasteiger partial charge in [-0.15, -0.1) is 11.3 Å². The summed E-state index contributed by atoms with van der Waals surface area (Å²) >= 11 is 1.41. The summed E-state index contributed by atoms with van der Waals surface area (Å²) in [6, 6.07) is 9.33. The fraction of sp³-hybridized carbons (Fsp3) is 0.118. The molecule has 1 aromatic carbocycles. The largest absolute Gasteiger partial charge is 0.497 e. The van der Waals surface area contributed by atoms with E-state index in [9.17, 15) is 4.79 Å². The highest BCUT2D eigenvalue weighted by Gasteiger charge is 2.12. The van der Waals surface area contributed by atoms with Crippen LogP contribution in [0.1, 0.15) is 5.69 Å². The number of hydrogen-bond acceptors (Lipinski definition) is 6. The molecule has 0 unspecified atom stereocenters. The number of carbonyl (C=O) groups is 1. The topological polar surface area (TPSA) is 72.2 Å². The summed E-state index contributed by atoms with van der Waals surface area (Å²) < 4.78 is 10.0. The van der Waals surface area contributed by atoms with Crippen molar-refractivity contribution in [2.75, 3.05) is 13.7 Å². The normalized spacial score (nSPS) is 10.7. The molecule has 2 aromatic rings. The molecule has 0 saturated carbocycles. The minimum atomic E-state index is -0.691. The van der Waals surface area contributed by atoms with Crippen LogP contribution in [0.3, 0.4) is 0 Å². The summed E-state index contributed by atoms with van der Waals surface area (Å²) in [7, 11) is 1.60. The molecule has 0 atom stereocenters. The quantitative estimate of drug-likeness (QED) is 0.352. The fourth-order valence-electron chi connectivity index (χ4n) is 1.74. The molecular weight excluding hydrogens is 312 g/mol. The third-order valence-corrected chi connectivity index (χ3v) is 3.71. The first-order valence-electron chi connectivity index (χ1n) is 6.67. The molecule has 0 aliphatic heterocycles. The maximum Gasteiger partial charge on any atom is 0.349 e. The fourth-order valence-corrected chi connectivity index (χ4v) is 2.51. The first-order valence-corrected chi connectivity index (χ1v) is 7.55. The minimum Gasteiger partial charge on any atom is -0.497 e. The summed E-state index contributed by atoms with van der Waals surface area (Å²) in [4.78, 5) is 16.1. The predicted octanol–water partition coefficient (Wildman–Crippen LogP) is 3.45. The van der Waals surface area contributed by atoms with Crippen LogP contribution in [0.5, 0.6) is 5.75 Å². The molecule has 1 heterocycles. The van der Waals surface area contributed by atoms with Crippen molar-refractivity contribution < 1.29 is 14.3 Å². The van der Waals surface area contributed by atoms with E-state index in [-0.39, 0.29) is 12.2 Å². The van der Waals surface area contributed by atoms with Crippen molar-refractivity contribution in [3.05, 3.63) is 53.6 Å². The number of aromatic nitrogens is 1. The Labute approximate surface area is 138 Å². The smallest absolute Gasteiger partial charge is 0.349 e. The van der Waals surface area contributed by atoms with Crippen LogP contribution in [0.2, 0.25) is 0 Å². The van der Waals surface area contributed by atoms with Gasteiger partial charge in [-0.25, -0.2) is 9.78 Å². The number of carbonyl (C=O) groups excluding carboxylic acids is 1. The van der Waals surface area contributed by atoms with Gasteiger partial charge in [-0.3, -0.25) is 0 Å². The molecule has 116 valence electrons. The van der Waals surface area contributed by atoms with Gasteiger partial charge in [-0.1, -0.05) is 24.8 Å². The number of thiazole rings is 1. The number of benzene rings is 1. The van der Waals surface area contributed by atoms with Crippen LogP contribution in [0.15, 0.2) is 47.9 Å². The molecular formula is C17H14N2O3S. The maximum atomic E-state index is 11.7. The number of nitriles is 1. The van der Waals surface area contributed by atoms with Crippen molar-refractivity contribution in [1.82, 2.24) is 4.98 Å². The highest BCUT2D eigenvalue weighted by molar-refractivity contribution is 7.13. The van der Waals surface area contributed by atoms with Gasteiger partial charge in [0.25, 0.3) is 0 Å². The summed E-state index contributed by atoms with van der Waals surface area (Å²) in [6.45, 7) is 3.51. The number of hydrogen-bond donors (Lipinski definition) is 0. The highest BCUT2D eigenvalue weighted by Crippen LogP contribution is 2.27. The van der Waals surface area contributed by atoms with E-state index >= 15 is 0 Å². The zero-order chi connectivity index (χ0) is 16.7. The van der Waals surface area contributed by atoms with Gasteiger partial charge in [0, 0.05) is 10.9 Å². The first kappa shape index (κ1) is 16.5. The lowest BCUT2D eigenvalue weighted by atomic mass is 10.2. The number of esters is 1. The van der Waals surface area contributed by atoms with Crippen molar-refractivity contribution >= 4 is 23.4 Å². The number of rotatable bonds is 6. The van der Waals surface area contributed by atoms with Gasteiger partial charge < -0.3 is 9.47 Å². The molecule has 0 bridgehead atoms. The van der Waals surface area contributed by atoms with Gasteiger partial charge >= 0.3 is 5.97 Å². The third-order valence-electron chi connectivity index (χ3n) is 2.80. The van der Waals surface area contributed by atoms with Crippen molar-refractivity contribution in [3.8, 4) is 22.4 Å². The Morgan fingerprint density at radius 2 is 2.35 bits per heavy atom. The Bertz CT molecular complexity index is 787. The van der Waals surface area contributed by atoms with E-state index in [1.165, 1.54) is 23.5 Å². The predicted molar refractivity (Wildman–Crippen MR) is 88.8 cm³/mol. The Morgan fingerprint density at radius 1 is 1.52 bits per heavy atom. The molecule has 2 rings (SSSR count). The molecule has 1 aromatic heterocycles. The van der Waals surface area contributed by atoms with Crippen molar-refractivity contribution in [1.29, 1.82) is 5.26 Å². The van der Waals surface area contributed by atoms with Gasteiger partial charge in [-0.05, 0) is 18.2 Å². The lowest BCUT2D eigenvalue weighted by molar-refractivity contribution is -0.137. The van der Waals surface area contributed by atoms with Crippen LogP contribution in [0.25, 0.3) is 16.6 Å². The van der Waals surface area contributed by atoms with Crippen LogP contribution in [0.4, 0.5) is 0 Å². The van der Waals surface area contributed by atoms with Crippen LogP contribution in [-0.2, 0) is 9.53 Å². The number of nitrogens with zero attached hydrogens (tertiary/aromatic N) is 2. The van der Waals surface area contributed by atoms with Crippen LogP contribution in [-0.4, -0.2) is 24.7 Å². The summed E-state index contributed by atoms with van der Waals surface area (Å²) in [5, 5.41) is 11.6. The Balaban J connectivity index is 2.24. The lowest BCUT2D eigenvalue weighted by Crippen LogP contribution is -2.06. The van der Waals surface area contributed by atoms with E-state index in [0.29, 0.717) is 5.69 Å². The number of ether oxygens (including phenoxy) is 2. The molecule has 0 spiro atoms. The molecule has 6 heteroatoms. The zero-order valence-electron chi connectivity index (χ0n) is 12.5. The van der Waals surface area contributed by atoms with Crippen molar-refractivity contribution in [2.45, 2.75) is 0 Å². The molecule has 0 amide bonds. The van der Waals surface area contributed by atoms with Gasteiger partial charge in [0.15, 0.2) is 0 Å². The lowest BCUT2D eigenvalue weighted by Gasteiger charge is -2.01. The monoisotopic (exact) mass is 326 g/mol. The van der Waals surface area contributed by atoms with E-state index in [1.807, 2.05) is 30.3 Å². The molecule has 23 heavy (non-hydrogen) atoms. The molecule has 0 N–H and O–H groups in total. The second kappa shape index (κ2) is 7.92. The first-order chi connectivity index (χ1) is 11.2. The molecule has 0 fully saturated rings. The number of methoxy groups -OCH3 is 1. The second-order valence-electron chi connectivity index (χ2n) is 4.37. The average Bonchev–Trinajstić information content (AvgIpc) is 3.06. The standard InChI is InChI=1S/C17H14N2O3S/c1-3-7-22-17(20)13(10-18)8-14-11-23-16(19-14)12-5-4-6-15(9-12)21-2/h3-6,8-9,11H,1,7H2,2H3. The Hall–Kier alpha value is -2.91. The SMILES string of the molecule is C=CCOC(=O)C(C#N)=Cc1csc(-c2cccc(OC)c2)n1. The zero-order valence-corrected chi connectivity index (χ0v) is 13.3. The maximum absolute atomic E-state index is 11.7. The van der Waals surface area contributed by atoms with Crippen LogP contribution < -0.4 is 4.74 Å². The molecule has 0 radical (unpaired) electrons. The Kier molecular flexibility index (Phi) is 5.67. The van der Waals surface area contributed by atoms with Gasteiger partial charge in [0.2, 0.25) is 0 Å². The van der Waals surface area contributed by atoms with Crippen LogP contribution >= 0.6 is 11.3 Å². The summed E-state index contributed by atoms with van der Waals surface area (Å²) in [5.74, 6) is 0.0452. The highest BCUT2D eigenvalue weighted by atomic mass is 32.1. The van der Waals surface area contributed by atoms with Gasteiger partial charge in [0.05, 0.1) is 12.8 Å². The van der Waals surface area contributed by atoms with Gasteiger partial charge in [0.1, 0.15) is 29.0 Å². The Morgan fingerprint density at radius 3 is 3.04 bits per heavy atom. The molecule has 0 saturated heterocycles. The van der Waals surface area contributed by atoms with Crippen molar-refractivity contribution in [2.24, 2.45) is 0 Å². The molecule has 0 aliphatic rings. The van der Waals surface area contributed by atoms with E-state index in [1.54, 1.807) is 12.5 Å². The second-order valence-corrected chi connectivity index (χ2v) is 5.22. The van der Waals surface area contributed by atoms with E-state index < -0.39 is 5.97 Å². The van der Waals surface area contributed by atoms with Gasteiger partial charge in [-0.2, -0.15) is 5.26 Å². The summed E-state index contributed by atoms with van der Waals surface area (Å²) in [5.41, 5.74) is 1.33. The summed E-state index contributed by atoms with van der Waals surface area (Å²) in [6.07, 6.45) is 2.85. The van der Waals surface area contributed by atoms with E-state index in [4.69, 9.17) is 14.7 Å². The van der Waals surface area contributed by atoms with E-state index in [2.05, 4.69) is 11.6 Å². The van der Waals surface area contributed by atoms with Crippen LogP contribution in [0, 0.1) is 11.3 Å². The minimum absolute atomic E-state index is 0.0595. The van der Waals surface area contributed by atoms with Crippen molar-refractivity contribution in [3.63, 3.8) is 0 Å². The molecule has 0 aliphatic carbocycles.